The van der Waals surface area contributed by atoms with Gasteiger partial charge in [0.25, 0.3) is 0 Å². The minimum absolute atomic E-state index is 0.135. The zero-order valence-electron chi connectivity index (χ0n) is 9.50. The molecule has 0 spiro atoms. The summed E-state index contributed by atoms with van der Waals surface area (Å²) in [5.74, 6) is 0. The first-order chi connectivity index (χ1) is 8.11. The molecular weight excluding hydrogens is 364 g/mol. The van der Waals surface area contributed by atoms with Crippen LogP contribution in [0.4, 0.5) is 0 Å². The first-order valence-corrected chi connectivity index (χ1v) is 7.56. The number of aromatic nitrogens is 1. The number of nitrogens with one attached hydrogen (secondary N) is 1. The van der Waals surface area contributed by atoms with Crippen LogP contribution in [-0.2, 0) is 0 Å². The first kappa shape index (κ1) is 13.2. The monoisotopic (exact) mass is 374 g/mol. The summed E-state index contributed by atoms with van der Waals surface area (Å²) >= 11 is 8.78. The van der Waals surface area contributed by atoms with Crippen LogP contribution in [0.3, 0.4) is 0 Å². The van der Waals surface area contributed by atoms with Crippen molar-refractivity contribution in [3.8, 4) is 0 Å². The fourth-order valence-corrected chi connectivity index (χ4v) is 3.87. The number of nitrogens with zero attached hydrogens (tertiary/aromatic N) is 1. The van der Waals surface area contributed by atoms with Gasteiger partial charge in [0.1, 0.15) is 0 Å². The highest BCUT2D eigenvalue weighted by atomic mass is 79.9. The van der Waals surface area contributed by atoms with Crippen LogP contribution in [0.5, 0.6) is 0 Å². The largest absolute Gasteiger partial charge is 0.307 e. The third kappa shape index (κ3) is 2.96. The van der Waals surface area contributed by atoms with E-state index in [1.165, 1.54) is 9.75 Å². The van der Waals surface area contributed by atoms with Gasteiger partial charge in [-0.05, 0) is 64.0 Å². The van der Waals surface area contributed by atoms with E-state index in [2.05, 4.69) is 61.2 Å². The molecular formula is C12H12Br2N2S. The van der Waals surface area contributed by atoms with Crippen molar-refractivity contribution in [2.45, 2.75) is 13.0 Å². The molecule has 0 radical (unpaired) electrons. The van der Waals surface area contributed by atoms with Gasteiger partial charge in [0.15, 0.2) is 0 Å². The summed E-state index contributed by atoms with van der Waals surface area (Å²) in [7, 11) is 1.95. The fraction of sp³-hybridized carbons (Fsp3) is 0.250. The lowest BCUT2D eigenvalue weighted by atomic mass is 10.1. The first-order valence-electron chi connectivity index (χ1n) is 5.16. The second kappa shape index (κ2) is 5.61. The van der Waals surface area contributed by atoms with E-state index >= 15 is 0 Å². The Labute approximate surface area is 122 Å². The maximum Gasteiger partial charge on any atom is 0.0854 e. The molecule has 0 amide bonds. The van der Waals surface area contributed by atoms with Gasteiger partial charge in [-0.2, -0.15) is 0 Å². The van der Waals surface area contributed by atoms with E-state index in [1.807, 2.05) is 19.3 Å². The lowest BCUT2D eigenvalue weighted by Gasteiger charge is -2.15. The average Bonchev–Trinajstić information content (AvgIpc) is 2.69. The fourth-order valence-electron chi connectivity index (χ4n) is 1.66. The normalized spacial score (nSPS) is 12.7. The molecule has 2 aromatic heterocycles. The van der Waals surface area contributed by atoms with E-state index in [0.29, 0.717) is 0 Å². The van der Waals surface area contributed by atoms with E-state index in [9.17, 15) is 0 Å². The number of rotatable bonds is 3. The highest BCUT2D eigenvalue weighted by Gasteiger charge is 2.18. The Morgan fingerprint density at radius 3 is 2.65 bits per heavy atom. The molecule has 0 fully saturated rings. The van der Waals surface area contributed by atoms with Crippen molar-refractivity contribution in [3.05, 3.63) is 48.8 Å². The van der Waals surface area contributed by atoms with Gasteiger partial charge in [0, 0.05) is 24.9 Å². The van der Waals surface area contributed by atoms with Crippen LogP contribution in [0.15, 0.2) is 33.3 Å². The van der Waals surface area contributed by atoms with Gasteiger partial charge in [-0.25, -0.2) is 0 Å². The average molecular weight is 376 g/mol. The summed E-state index contributed by atoms with van der Waals surface area (Å²) in [6.07, 6.45) is 1.82. The molecule has 0 aliphatic heterocycles. The SMILES string of the molecule is CNC(c1ccc(C)s1)c1ncc(Br)cc1Br. The van der Waals surface area contributed by atoms with Crippen LogP contribution in [-0.4, -0.2) is 12.0 Å². The Kier molecular flexibility index (Phi) is 4.36. The third-order valence-electron chi connectivity index (χ3n) is 2.44. The van der Waals surface area contributed by atoms with Gasteiger partial charge in [0.05, 0.1) is 11.7 Å². The number of pyridine rings is 1. The number of halogens is 2. The number of aryl methyl sites for hydroxylation is 1. The quantitative estimate of drug-likeness (QED) is 0.865. The summed E-state index contributed by atoms with van der Waals surface area (Å²) in [6, 6.07) is 6.44. The van der Waals surface area contributed by atoms with Gasteiger partial charge in [-0.1, -0.05) is 0 Å². The molecule has 0 aromatic carbocycles. The van der Waals surface area contributed by atoms with Crippen molar-refractivity contribution in [3.63, 3.8) is 0 Å². The lowest BCUT2D eigenvalue weighted by molar-refractivity contribution is 0.678. The minimum Gasteiger partial charge on any atom is -0.307 e. The highest BCUT2D eigenvalue weighted by Crippen LogP contribution is 2.31. The van der Waals surface area contributed by atoms with E-state index < -0.39 is 0 Å². The van der Waals surface area contributed by atoms with E-state index in [0.717, 1.165) is 14.6 Å². The van der Waals surface area contributed by atoms with Crippen LogP contribution in [0, 0.1) is 6.92 Å². The Morgan fingerprint density at radius 2 is 2.12 bits per heavy atom. The molecule has 0 saturated carbocycles. The van der Waals surface area contributed by atoms with E-state index in [4.69, 9.17) is 0 Å². The Morgan fingerprint density at radius 1 is 1.35 bits per heavy atom. The molecule has 90 valence electrons. The maximum atomic E-state index is 4.49. The van der Waals surface area contributed by atoms with Crippen molar-refractivity contribution < 1.29 is 0 Å². The summed E-state index contributed by atoms with van der Waals surface area (Å²) < 4.78 is 1.99. The van der Waals surface area contributed by atoms with Crippen LogP contribution < -0.4 is 5.32 Å². The maximum absolute atomic E-state index is 4.49. The van der Waals surface area contributed by atoms with E-state index in [-0.39, 0.29) is 6.04 Å². The van der Waals surface area contributed by atoms with E-state index in [1.54, 1.807) is 11.3 Å². The summed E-state index contributed by atoms with van der Waals surface area (Å²) in [5, 5.41) is 3.31. The molecule has 5 heteroatoms. The van der Waals surface area contributed by atoms with Crippen LogP contribution in [0.1, 0.15) is 21.5 Å². The Hall–Kier alpha value is -0.230. The Balaban J connectivity index is 2.42. The van der Waals surface area contributed by atoms with Crippen LogP contribution in [0.2, 0.25) is 0 Å². The van der Waals surface area contributed by atoms with Crippen LogP contribution in [0.25, 0.3) is 0 Å². The van der Waals surface area contributed by atoms with Crippen molar-refractivity contribution in [2.75, 3.05) is 7.05 Å². The standard InChI is InChI=1S/C12H12Br2N2S/c1-7-3-4-10(17-7)12(15-2)11-9(14)5-8(13)6-16-11/h3-6,12,15H,1-2H3. The predicted octanol–water partition coefficient (Wildman–Crippen LogP) is 4.29. The summed E-state index contributed by atoms with van der Waals surface area (Å²) in [6.45, 7) is 2.12. The number of thiophene rings is 1. The minimum atomic E-state index is 0.135. The molecule has 2 nitrogen and oxygen atoms in total. The third-order valence-corrected chi connectivity index (χ3v) is 4.58. The topological polar surface area (TPSA) is 24.9 Å². The van der Waals surface area contributed by atoms with Gasteiger partial charge >= 0.3 is 0 Å². The molecule has 2 aromatic rings. The lowest BCUT2D eigenvalue weighted by Crippen LogP contribution is -2.18. The molecule has 1 N–H and O–H groups in total. The molecule has 0 aliphatic rings. The van der Waals surface area contributed by atoms with Crippen molar-refractivity contribution in [1.29, 1.82) is 0 Å². The van der Waals surface area contributed by atoms with Gasteiger partial charge in [-0.15, -0.1) is 11.3 Å². The van der Waals surface area contributed by atoms with Gasteiger partial charge in [-0.3, -0.25) is 4.98 Å². The second-order valence-corrected chi connectivity index (χ2v) is 6.78. The summed E-state index contributed by atoms with van der Waals surface area (Å²) in [5.41, 5.74) is 1.01. The zero-order valence-corrected chi connectivity index (χ0v) is 13.5. The van der Waals surface area contributed by atoms with Gasteiger partial charge < -0.3 is 5.32 Å². The molecule has 2 rings (SSSR count). The number of hydrogen-bond donors (Lipinski definition) is 1. The van der Waals surface area contributed by atoms with Crippen molar-refractivity contribution >= 4 is 43.2 Å². The molecule has 0 aliphatic carbocycles. The summed E-state index contributed by atoms with van der Waals surface area (Å²) in [4.78, 5) is 7.08. The van der Waals surface area contributed by atoms with Crippen LogP contribution >= 0.6 is 43.2 Å². The van der Waals surface area contributed by atoms with Crippen molar-refractivity contribution in [2.24, 2.45) is 0 Å². The predicted molar refractivity (Wildman–Crippen MR) is 79.6 cm³/mol. The molecule has 17 heavy (non-hydrogen) atoms. The molecule has 2 heterocycles. The zero-order chi connectivity index (χ0) is 12.4. The molecule has 1 unspecified atom stereocenters. The molecule has 0 saturated heterocycles. The number of hydrogen-bond acceptors (Lipinski definition) is 3. The Bertz CT molecular complexity index is 525. The molecule has 0 bridgehead atoms. The smallest absolute Gasteiger partial charge is 0.0854 e. The van der Waals surface area contributed by atoms with Gasteiger partial charge in [0.2, 0.25) is 0 Å². The second-order valence-electron chi connectivity index (χ2n) is 3.69. The molecule has 1 atom stereocenters. The van der Waals surface area contributed by atoms with Crippen molar-refractivity contribution in [1.82, 2.24) is 10.3 Å². The highest BCUT2D eigenvalue weighted by molar-refractivity contribution is 9.11.